The highest BCUT2D eigenvalue weighted by Gasteiger charge is 2.22. The molecule has 0 unspecified atom stereocenters. The first-order valence-electron chi connectivity index (χ1n) is 8.64. The number of nitrogens with one attached hydrogen (secondary N) is 1. The highest BCUT2D eigenvalue weighted by atomic mass is 16.5. The third-order valence-corrected chi connectivity index (χ3v) is 4.88. The molecule has 1 fully saturated rings. The summed E-state index contributed by atoms with van der Waals surface area (Å²) in [5.41, 5.74) is 3.00. The molecular weight excluding hydrogens is 346 g/mol. The first-order valence-corrected chi connectivity index (χ1v) is 8.64. The molecule has 0 aliphatic carbocycles. The van der Waals surface area contributed by atoms with E-state index in [9.17, 15) is 4.79 Å². The smallest absolute Gasteiger partial charge is 0.327 e. The van der Waals surface area contributed by atoms with Crippen LogP contribution in [0.5, 0.6) is 0 Å². The molecule has 1 aliphatic rings. The van der Waals surface area contributed by atoms with Crippen LogP contribution in [-0.2, 0) is 4.74 Å². The Balaban J connectivity index is 1.69. The number of fused-ring (bicyclic) bond motifs is 2. The van der Waals surface area contributed by atoms with Gasteiger partial charge in [0.2, 0.25) is 5.95 Å². The van der Waals surface area contributed by atoms with Gasteiger partial charge in [-0.3, -0.25) is 9.13 Å². The number of ether oxygens (including phenoxy) is 1. The van der Waals surface area contributed by atoms with Crippen LogP contribution < -0.4 is 5.69 Å². The molecule has 0 amide bonds. The molecule has 27 heavy (non-hydrogen) atoms. The number of hydrogen-bond acceptors (Lipinski definition) is 5. The summed E-state index contributed by atoms with van der Waals surface area (Å²) < 4.78 is 8.84. The predicted octanol–water partition coefficient (Wildman–Crippen LogP) is 2.36. The maximum Gasteiger partial charge on any atom is 0.327 e. The Morgan fingerprint density at radius 3 is 2.93 bits per heavy atom. The molecule has 3 aromatic heterocycles. The van der Waals surface area contributed by atoms with Crippen molar-refractivity contribution in [3.05, 3.63) is 52.6 Å². The van der Waals surface area contributed by atoms with Crippen LogP contribution in [0.2, 0.25) is 0 Å². The average Bonchev–Trinajstić information content (AvgIpc) is 3.27. The molecule has 0 atom stereocenters. The van der Waals surface area contributed by atoms with Crippen LogP contribution in [-0.4, -0.2) is 42.3 Å². The third kappa shape index (κ3) is 2.50. The lowest BCUT2D eigenvalue weighted by atomic mass is 10.1. The Labute approximate surface area is 153 Å². The van der Waals surface area contributed by atoms with E-state index in [1.54, 1.807) is 39.9 Å². The van der Waals surface area contributed by atoms with Gasteiger partial charge in [0, 0.05) is 19.3 Å². The Morgan fingerprint density at radius 1 is 1.26 bits per heavy atom. The maximum atomic E-state index is 12.5. The Morgan fingerprint density at radius 2 is 2.11 bits per heavy atom. The molecule has 0 radical (unpaired) electrons. The number of nitrogens with zero attached hydrogens (tertiary/aromatic N) is 6. The second-order valence-corrected chi connectivity index (χ2v) is 6.45. The van der Waals surface area contributed by atoms with E-state index in [4.69, 9.17) is 11.3 Å². The fourth-order valence-electron chi connectivity index (χ4n) is 3.53. The summed E-state index contributed by atoms with van der Waals surface area (Å²) >= 11 is 0. The molecule has 1 aliphatic heterocycles. The molecular formula is C18H15N7O2. The third-order valence-electron chi connectivity index (χ3n) is 4.88. The molecule has 9 nitrogen and oxygen atoms in total. The van der Waals surface area contributed by atoms with Crippen LogP contribution in [0.3, 0.4) is 0 Å². The second-order valence-electron chi connectivity index (χ2n) is 6.45. The van der Waals surface area contributed by atoms with Crippen molar-refractivity contribution in [3.8, 4) is 5.95 Å². The summed E-state index contributed by atoms with van der Waals surface area (Å²) in [5, 5.41) is 0. The van der Waals surface area contributed by atoms with Crippen molar-refractivity contribution in [2.45, 2.75) is 18.9 Å². The number of benzene rings is 1. The predicted molar refractivity (Wildman–Crippen MR) is 98.1 cm³/mol. The van der Waals surface area contributed by atoms with E-state index < -0.39 is 0 Å². The number of imidazole rings is 2. The maximum absolute atomic E-state index is 12.5. The lowest BCUT2D eigenvalue weighted by Crippen LogP contribution is -2.27. The van der Waals surface area contributed by atoms with Crippen molar-refractivity contribution in [2.24, 2.45) is 0 Å². The van der Waals surface area contributed by atoms with Gasteiger partial charge >= 0.3 is 5.69 Å². The van der Waals surface area contributed by atoms with Crippen LogP contribution >= 0.6 is 0 Å². The molecule has 4 heterocycles. The van der Waals surface area contributed by atoms with E-state index in [0.717, 1.165) is 23.9 Å². The quantitative estimate of drug-likeness (QED) is 0.553. The zero-order valence-corrected chi connectivity index (χ0v) is 14.3. The van der Waals surface area contributed by atoms with Crippen LogP contribution in [0, 0.1) is 6.57 Å². The fraction of sp³-hybridized carbons (Fsp3) is 0.278. The van der Waals surface area contributed by atoms with Crippen LogP contribution in [0.15, 0.2) is 35.5 Å². The zero-order chi connectivity index (χ0) is 18.4. The summed E-state index contributed by atoms with van der Waals surface area (Å²) in [6.45, 7) is 8.48. The number of aromatic amines is 1. The van der Waals surface area contributed by atoms with Crippen molar-refractivity contribution >= 4 is 27.9 Å². The van der Waals surface area contributed by atoms with Crippen LogP contribution in [0.1, 0.15) is 18.9 Å². The van der Waals surface area contributed by atoms with E-state index in [0.29, 0.717) is 36.0 Å². The van der Waals surface area contributed by atoms with Crippen molar-refractivity contribution < 1.29 is 4.74 Å². The van der Waals surface area contributed by atoms with Crippen LogP contribution in [0.4, 0.5) is 5.69 Å². The molecule has 1 aromatic carbocycles. The topological polar surface area (TPSA) is 95.0 Å². The number of hydrogen-bond donors (Lipinski definition) is 1. The summed E-state index contributed by atoms with van der Waals surface area (Å²) in [7, 11) is 0. The van der Waals surface area contributed by atoms with Gasteiger partial charge < -0.3 is 9.72 Å². The van der Waals surface area contributed by atoms with Gasteiger partial charge in [-0.25, -0.2) is 19.6 Å². The Kier molecular flexibility index (Phi) is 3.51. The first-order chi connectivity index (χ1) is 13.2. The summed E-state index contributed by atoms with van der Waals surface area (Å²) in [5.74, 6) is 0.409. The van der Waals surface area contributed by atoms with E-state index >= 15 is 0 Å². The van der Waals surface area contributed by atoms with Crippen molar-refractivity contribution in [1.82, 2.24) is 29.1 Å². The summed E-state index contributed by atoms with van der Waals surface area (Å²) in [6, 6.07) is 5.33. The molecule has 134 valence electrons. The van der Waals surface area contributed by atoms with Crippen molar-refractivity contribution in [1.29, 1.82) is 0 Å². The normalized spacial score (nSPS) is 15.4. The van der Waals surface area contributed by atoms with Crippen molar-refractivity contribution in [3.63, 3.8) is 0 Å². The van der Waals surface area contributed by atoms with Gasteiger partial charge in [-0.1, -0.05) is 6.07 Å². The minimum absolute atomic E-state index is 0.0519. The second kappa shape index (κ2) is 6.03. The molecule has 4 aromatic rings. The van der Waals surface area contributed by atoms with Gasteiger partial charge in [-0.2, -0.15) is 4.98 Å². The lowest BCUT2D eigenvalue weighted by Gasteiger charge is -2.22. The summed E-state index contributed by atoms with van der Waals surface area (Å²) in [4.78, 5) is 32.2. The van der Waals surface area contributed by atoms with E-state index in [2.05, 4.69) is 24.8 Å². The van der Waals surface area contributed by atoms with Crippen LogP contribution in [0.25, 0.3) is 33.0 Å². The molecule has 0 spiro atoms. The highest BCUT2D eigenvalue weighted by molar-refractivity contribution is 5.81. The molecule has 5 rings (SSSR count). The number of aromatic nitrogens is 6. The molecule has 9 heteroatoms. The minimum atomic E-state index is -0.186. The van der Waals surface area contributed by atoms with E-state index in [-0.39, 0.29) is 11.7 Å². The largest absolute Gasteiger partial charge is 0.381 e. The van der Waals surface area contributed by atoms with Crippen molar-refractivity contribution in [2.75, 3.05) is 13.2 Å². The first kappa shape index (κ1) is 15.7. The molecule has 0 saturated carbocycles. The Hall–Kier alpha value is -3.51. The highest BCUT2D eigenvalue weighted by Crippen LogP contribution is 2.25. The average molecular weight is 361 g/mol. The molecule has 1 N–H and O–H groups in total. The van der Waals surface area contributed by atoms with Gasteiger partial charge in [0.05, 0.1) is 23.8 Å². The minimum Gasteiger partial charge on any atom is -0.381 e. The zero-order valence-electron chi connectivity index (χ0n) is 14.3. The fourth-order valence-corrected chi connectivity index (χ4v) is 3.53. The van der Waals surface area contributed by atoms with Gasteiger partial charge in [-0.15, -0.1) is 0 Å². The van der Waals surface area contributed by atoms with Gasteiger partial charge in [0.25, 0.3) is 0 Å². The monoisotopic (exact) mass is 361 g/mol. The van der Waals surface area contributed by atoms with E-state index in [1.807, 2.05) is 0 Å². The summed E-state index contributed by atoms with van der Waals surface area (Å²) in [6.07, 6.45) is 4.78. The lowest BCUT2D eigenvalue weighted by molar-refractivity contribution is 0.0697. The van der Waals surface area contributed by atoms with Gasteiger partial charge in [0.15, 0.2) is 11.3 Å². The standard InChI is InChI=1S/C18H15N7O2/c1-19-11-2-3-13-15(8-11)24(10-21-13)17-20-9-14-16(23-17)25(18(26)22-14)12-4-6-27-7-5-12/h2-3,8-10,12H,4-7H2,(H,22,26). The SMILES string of the molecule is [C-]#[N+]c1ccc2ncn(-c3ncc4[nH]c(=O)n(C5CCOCC5)c4n3)c2c1. The van der Waals surface area contributed by atoms with E-state index in [1.165, 1.54) is 0 Å². The van der Waals surface area contributed by atoms with Gasteiger partial charge in [-0.05, 0) is 25.0 Å². The number of H-pyrrole nitrogens is 1. The Bertz CT molecular complexity index is 1250. The van der Waals surface area contributed by atoms with Gasteiger partial charge in [0.1, 0.15) is 11.8 Å². The molecule has 1 saturated heterocycles. The molecule has 0 bridgehead atoms. The number of rotatable bonds is 2.